The second kappa shape index (κ2) is 6.84. The minimum absolute atomic E-state index is 0.0786. The summed E-state index contributed by atoms with van der Waals surface area (Å²) < 4.78 is 7.83. The summed E-state index contributed by atoms with van der Waals surface area (Å²) in [6.45, 7) is 1.74. The third kappa shape index (κ3) is 2.88. The van der Waals surface area contributed by atoms with Gasteiger partial charge in [0.1, 0.15) is 22.9 Å². The molecule has 0 saturated heterocycles. The minimum atomic E-state index is -0.246. The van der Waals surface area contributed by atoms with E-state index in [0.29, 0.717) is 32.3 Å². The highest BCUT2D eigenvalue weighted by Crippen LogP contribution is 2.40. The quantitative estimate of drug-likeness (QED) is 0.448. The molecule has 0 unspecified atom stereocenters. The van der Waals surface area contributed by atoms with Crippen molar-refractivity contribution in [3.8, 4) is 5.75 Å². The molecule has 146 valence electrons. The number of rotatable bonds is 2. The van der Waals surface area contributed by atoms with E-state index < -0.39 is 0 Å². The average molecular weight is 452 g/mol. The molecule has 0 fully saturated rings. The third-order valence-electron chi connectivity index (χ3n) is 5.42. The molecule has 5 rings (SSSR count). The lowest BCUT2D eigenvalue weighted by atomic mass is 9.94. The first-order chi connectivity index (χ1) is 14.0. The summed E-state index contributed by atoms with van der Waals surface area (Å²) >= 11 is 3.40. The Labute approximate surface area is 174 Å². The minimum Gasteiger partial charge on any atom is -0.506 e. The monoisotopic (exact) mass is 451 g/mol. The van der Waals surface area contributed by atoms with Crippen LogP contribution in [0.1, 0.15) is 35.6 Å². The van der Waals surface area contributed by atoms with Gasteiger partial charge in [0.15, 0.2) is 0 Å². The van der Waals surface area contributed by atoms with Gasteiger partial charge in [0.2, 0.25) is 0 Å². The zero-order chi connectivity index (χ0) is 20.1. The Morgan fingerprint density at radius 1 is 1.28 bits per heavy atom. The first-order valence-electron chi connectivity index (χ1n) is 9.53. The smallest absolute Gasteiger partial charge is 0.282 e. The van der Waals surface area contributed by atoms with Gasteiger partial charge in [-0.3, -0.25) is 4.79 Å². The molecular formula is C22H18BrN3O3. The zero-order valence-corrected chi connectivity index (χ0v) is 17.4. The Morgan fingerprint density at radius 3 is 2.93 bits per heavy atom. The van der Waals surface area contributed by atoms with Crippen molar-refractivity contribution in [1.82, 2.24) is 9.66 Å². The molecule has 2 aromatic heterocycles. The van der Waals surface area contributed by atoms with E-state index in [1.165, 1.54) is 10.9 Å². The van der Waals surface area contributed by atoms with Crippen LogP contribution in [0, 0.1) is 6.92 Å². The van der Waals surface area contributed by atoms with Gasteiger partial charge in [-0.05, 0) is 60.3 Å². The number of hydrogen-bond acceptors (Lipinski definition) is 5. The van der Waals surface area contributed by atoms with Crippen LogP contribution in [0.3, 0.4) is 0 Å². The van der Waals surface area contributed by atoms with Crippen molar-refractivity contribution in [2.45, 2.75) is 32.6 Å². The normalized spacial score (nSPS) is 14.1. The Morgan fingerprint density at radius 2 is 2.07 bits per heavy atom. The van der Waals surface area contributed by atoms with Gasteiger partial charge in [0, 0.05) is 22.9 Å². The van der Waals surface area contributed by atoms with E-state index in [0.717, 1.165) is 42.4 Å². The lowest BCUT2D eigenvalue weighted by Gasteiger charge is -2.10. The topological polar surface area (TPSA) is 80.6 Å². The van der Waals surface area contributed by atoms with Crippen molar-refractivity contribution in [2.75, 3.05) is 0 Å². The maximum absolute atomic E-state index is 12.9. The number of aromatic nitrogens is 2. The number of aryl methyl sites for hydroxylation is 3. The zero-order valence-electron chi connectivity index (χ0n) is 15.8. The summed E-state index contributed by atoms with van der Waals surface area (Å²) in [4.78, 5) is 17.4. The Balaban J connectivity index is 1.73. The molecule has 2 aromatic carbocycles. The van der Waals surface area contributed by atoms with Crippen molar-refractivity contribution >= 4 is 44.0 Å². The predicted molar refractivity (Wildman–Crippen MR) is 116 cm³/mol. The number of phenolic OH excluding ortho intramolecular Hbond substituents is 1. The third-order valence-corrected chi connectivity index (χ3v) is 6.03. The Kier molecular flexibility index (Phi) is 4.28. The number of furan rings is 1. The highest BCUT2D eigenvalue weighted by Gasteiger charge is 2.23. The van der Waals surface area contributed by atoms with Crippen molar-refractivity contribution in [1.29, 1.82) is 0 Å². The molecule has 29 heavy (non-hydrogen) atoms. The summed E-state index contributed by atoms with van der Waals surface area (Å²) in [5.41, 5.74) is 2.77. The molecule has 7 heteroatoms. The van der Waals surface area contributed by atoms with Crippen LogP contribution in [0.5, 0.6) is 5.75 Å². The lowest BCUT2D eigenvalue weighted by Crippen LogP contribution is -2.20. The van der Waals surface area contributed by atoms with Crippen molar-refractivity contribution in [3.63, 3.8) is 0 Å². The van der Waals surface area contributed by atoms with Gasteiger partial charge in [-0.1, -0.05) is 12.1 Å². The van der Waals surface area contributed by atoms with E-state index in [1.807, 2.05) is 6.07 Å². The maximum Gasteiger partial charge on any atom is 0.282 e. The number of benzene rings is 2. The summed E-state index contributed by atoms with van der Waals surface area (Å²) in [5.74, 6) is 1.53. The highest BCUT2D eigenvalue weighted by atomic mass is 79.9. The van der Waals surface area contributed by atoms with Crippen LogP contribution in [0.15, 0.2) is 49.1 Å². The number of phenols is 1. The predicted octanol–water partition coefficient (Wildman–Crippen LogP) is 4.68. The molecule has 0 bridgehead atoms. The van der Waals surface area contributed by atoms with E-state index >= 15 is 0 Å². The number of aromatic hydroxyl groups is 1. The molecule has 4 aromatic rings. The van der Waals surface area contributed by atoms with Crippen molar-refractivity contribution in [3.05, 3.63) is 67.9 Å². The largest absolute Gasteiger partial charge is 0.506 e. The molecular weight excluding hydrogens is 434 g/mol. The molecule has 0 aliphatic heterocycles. The lowest BCUT2D eigenvalue weighted by molar-refractivity contribution is 0.471. The van der Waals surface area contributed by atoms with Crippen LogP contribution < -0.4 is 5.56 Å². The molecule has 1 aliphatic carbocycles. The summed E-state index contributed by atoms with van der Waals surface area (Å²) in [6, 6.07) is 8.97. The van der Waals surface area contributed by atoms with E-state index in [-0.39, 0.29) is 11.3 Å². The van der Waals surface area contributed by atoms with Gasteiger partial charge >= 0.3 is 0 Å². The Bertz CT molecular complexity index is 1370. The van der Waals surface area contributed by atoms with Crippen LogP contribution >= 0.6 is 15.9 Å². The maximum atomic E-state index is 12.9. The standard InChI is InChI=1S/C22H18BrN3O3/c1-12-25-17-8-4-2-6-13(17)22(28)26(12)24-11-15-20-14-7-3-5-9-18(14)29-19(20)10-16(23)21(15)27/h2,4,6,8,10-11,27H,3,5,7,9H2,1H3. The fraction of sp³-hybridized carbons (Fsp3) is 0.227. The fourth-order valence-corrected chi connectivity index (χ4v) is 4.45. The van der Waals surface area contributed by atoms with Crippen molar-refractivity contribution in [2.24, 2.45) is 5.10 Å². The van der Waals surface area contributed by atoms with Gasteiger partial charge in [-0.15, -0.1) is 0 Å². The number of hydrogen-bond donors (Lipinski definition) is 1. The van der Waals surface area contributed by atoms with Gasteiger partial charge < -0.3 is 9.52 Å². The average Bonchev–Trinajstić information content (AvgIpc) is 3.08. The molecule has 1 N–H and O–H groups in total. The van der Waals surface area contributed by atoms with Gasteiger partial charge in [-0.2, -0.15) is 9.78 Å². The first kappa shape index (κ1) is 18.1. The van der Waals surface area contributed by atoms with Crippen LogP contribution in [0.2, 0.25) is 0 Å². The number of halogens is 1. The first-order valence-corrected chi connectivity index (χ1v) is 10.3. The second-order valence-corrected chi connectivity index (χ2v) is 8.10. The van der Waals surface area contributed by atoms with E-state index in [4.69, 9.17) is 4.42 Å². The molecule has 1 aliphatic rings. The SMILES string of the molecule is Cc1nc2ccccc2c(=O)n1N=Cc1c(O)c(Br)cc2oc3c(c12)CCCC3. The summed E-state index contributed by atoms with van der Waals surface area (Å²) in [7, 11) is 0. The number of fused-ring (bicyclic) bond motifs is 4. The van der Waals surface area contributed by atoms with Crippen LogP contribution in [0.25, 0.3) is 21.9 Å². The molecule has 0 atom stereocenters. The number of nitrogens with zero attached hydrogens (tertiary/aromatic N) is 3. The Hall–Kier alpha value is -2.93. The summed E-state index contributed by atoms with van der Waals surface area (Å²) in [5, 5.41) is 16.5. The molecule has 0 radical (unpaired) electrons. The van der Waals surface area contributed by atoms with Gasteiger partial charge in [-0.25, -0.2) is 4.98 Å². The van der Waals surface area contributed by atoms with Gasteiger partial charge in [0.05, 0.1) is 21.6 Å². The molecule has 2 heterocycles. The van der Waals surface area contributed by atoms with Crippen LogP contribution in [-0.4, -0.2) is 21.0 Å². The number of para-hydroxylation sites is 1. The van der Waals surface area contributed by atoms with Crippen LogP contribution in [0.4, 0.5) is 0 Å². The highest BCUT2D eigenvalue weighted by molar-refractivity contribution is 9.10. The van der Waals surface area contributed by atoms with Crippen molar-refractivity contribution < 1.29 is 9.52 Å². The molecule has 6 nitrogen and oxygen atoms in total. The second-order valence-electron chi connectivity index (χ2n) is 7.24. The summed E-state index contributed by atoms with van der Waals surface area (Å²) in [6.07, 6.45) is 5.51. The fourth-order valence-electron chi connectivity index (χ4n) is 4.03. The van der Waals surface area contributed by atoms with Crippen LogP contribution in [-0.2, 0) is 12.8 Å². The molecule has 0 saturated carbocycles. The van der Waals surface area contributed by atoms with E-state index in [9.17, 15) is 9.90 Å². The van der Waals surface area contributed by atoms with E-state index in [1.54, 1.807) is 31.2 Å². The van der Waals surface area contributed by atoms with E-state index in [2.05, 4.69) is 26.0 Å². The van der Waals surface area contributed by atoms with Gasteiger partial charge in [0.25, 0.3) is 5.56 Å². The molecule has 0 spiro atoms. The molecule has 0 amide bonds.